The summed E-state index contributed by atoms with van der Waals surface area (Å²) in [6.45, 7) is 5.71. The van der Waals surface area contributed by atoms with Gasteiger partial charge in [-0.15, -0.1) is 15.7 Å². The van der Waals surface area contributed by atoms with Gasteiger partial charge < -0.3 is 10.6 Å². The number of nitrogens with zero attached hydrogens (tertiary/aromatic N) is 1. The van der Waals surface area contributed by atoms with Gasteiger partial charge >= 0.3 is 0 Å². The number of nitrogens with one attached hydrogen (secondary N) is 2. The van der Waals surface area contributed by atoms with Crippen LogP contribution in [0.4, 0.5) is 5.69 Å². The van der Waals surface area contributed by atoms with Crippen LogP contribution in [0.1, 0.15) is 18.7 Å². The number of rotatable bonds is 1. The van der Waals surface area contributed by atoms with E-state index in [1.807, 2.05) is 26.8 Å². The van der Waals surface area contributed by atoms with Crippen LogP contribution in [-0.4, -0.2) is 20.4 Å². The number of sulfonamides is 1. The molecule has 2 rings (SSSR count). The highest BCUT2D eigenvalue weighted by molar-refractivity contribution is 7.92. The van der Waals surface area contributed by atoms with Crippen LogP contribution in [0.2, 0.25) is 0 Å². The van der Waals surface area contributed by atoms with Crippen molar-refractivity contribution < 1.29 is 8.42 Å². The van der Waals surface area contributed by atoms with Crippen LogP contribution in [0.5, 0.6) is 0 Å². The van der Waals surface area contributed by atoms with E-state index < -0.39 is 10.0 Å². The molecule has 5 nitrogen and oxygen atoms in total. The van der Waals surface area contributed by atoms with Gasteiger partial charge in [0.1, 0.15) is 0 Å². The molecule has 88 valence electrons. The summed E-state index contributed by atoms with van der Waals surface area (Å²) < 4.78 is 27.6. The minimum Gasteiger partial charge on any atom is -0.353 e. The van der Waals surface area contributed by atoms with E-state index in [1.54, 1.807) is 0 Å². The van der Waals surface area contributed by atoms with E-state index in [0.717, 1.165) is 4.88 Å². The highest BCUT2D eigenvalue weighted by Gasteiger charge is 2.27. The molecule has 0 unspecified atom stereocenters. The second kappa shape index (κ2) is 3.74. The molecule has 2 heterocycles. The molecular formula is C9H13N3O2S2. The van der Waals surface area contributed by atoms with Gasteiger partial charge in [0.25, 0.3) is 10.0 Å². The Morgan fingerprint density at radius 3 is 2.81 bits per heavy atom. The first-order valence-corrected chi connectivity index (χ1v) is 7.13. The SMILES string of the molecule is Cc1cc2c(s1)S(=O)(=O)N=C(NC(C)C)N2. The zero-order valence-corrected chi connectivity index (χ0v) is 10.9. The van der Waals surface area contributed by atoms with Gasteiger partial charge in [-0.25, -0.2) is 0 Å². The van der Waals surface area contributed by atoms with Gasteiger partial charge in [-0.2, -0.15) is 8.42 Å². The molecule has 16 heavy (non-hydrogen) atoms. The van der Waals surface area contributed by atoms with E-state index in [0.29, 0.717) is 15.9 Å². The number of hydrogen-bond acceptors (Lipinski definition) is 5. The molecule has 1 aromatic heterocycles. The Balaban J connectivity index is 2.42. The van der Waals surface area contributed by atoms with Crippen molar-refractivity contribution in [2.45, 2.75) is 31.0 Å². The number of thiophene rings is 1. The van der Waals surface area contributed by atoms with Gasteiger partial charge in [-0.3, -0.25) is 0 Å². The topological polar surface area (TPSA) is 70.6 Å². The summed E-state index contributed by atoms with van der Waals surface area (Å²) in [6, 6.07) is 1.94. The first kappa shape index (κ1) is 11.4. The highest BCUT2D eigenvalue weighted by Crippen LogP contribution is 2.34. The normalized spacial score (nSPS) is 17.6. The van der Waals surface area contributed by atoms with Crippen LogP contribution in [0.15, 0.2) is 14.7 Å². The summed E-state index contributed by atoms with van der Waals surface area (Å²) in [7, 11) is -3.53. The number of hydrogen-bond donors (Lipinski definition) is 2. The van der Waals surface area contributed by atoms with E-state index >= 15 is 0 Å². The maximum Gasteiger partial charge on any atom is 0.297 e. The lowest BCUT2D eigenvalue weighted by atomic mass is 10.4. The van der Waals surface area contributed by atoms with E-state index in [-0.39, 0.29) is 6.04 Å². The molecule has 7 heteroatoms. The molecule has 0 amide bonds. The molecular weight excluding hydrogens is 246 g/mol. The quantitative estimate of drug-likeness (QED) is 0.802. The van der Waals surface area contributed by atoms with Crippen LogP contribution in [0, 0.1) is 6.92 Å². The molecule has 0 atom stereocenters. The summed E-state index contributed by atoms with van der Waals surface area (Å²) in [5, 5.41) is 5.93. The van der Waals surface area contributed by atoms with Crippen LogP contribution in [0.3, 0.4) is 0 Å². The third-order valence-corrected chi connectivity index (χ3v) is 4.78. The molecule has 1 aliphatic rings. The largest absolute Gasteiger partial charge is 0.353 e. The van der Waals surface area contributed by atoms with Gasteiger partial charge in [0, 0.05) is 10.9 Å². The molecule has 0 aliphatic carbocycles. The summed E-state index contributed by atoms with van der Waals surface area (Å²) in [5.41, 5.74) is 0.612. The first-order chi connectivity index (χ1) is 7.38. The van der Waals surface area contributed by atoms with Gasteiger partial charge in [0.15, 0.2) is 4.21 Å². The second-order valence-corrected chi connectivity index (χ2v) is 6.95. The van der Waals surface area contributed by atoms with Crippen molar-refractivity contribution in [3.8, 4) is 0 Å². The lowest BCUT2D eigenvalue weighted by Gasteiger charge is -2.17. The average Bonchev–Trinajstić information content (AvgIpc) is 2.44. The molecule has 0 saturated carbocycles. The third kappa shape index (κ3) is 2.05. The molecule has 0 spiro atoms. The van der Waals surface area contributed by atoms with Crippen LogP contribution >= 0.6 is 11.3 Å². The van der Waals surface area contributed by atoms with Gasteiger partial charge in [-0.1, -0.05) is 0 Å². The molecule has 1 aliphatic heterocycles. The van der Waals surface area contributed by atoms with Crippen molar-refractivity contribution in [3.05, 3.63) is 10.9 Å². The van der Waals surface area contributed by atoms with Crippen molar-refractivity contribution in [1.29, 1.82) is 0 Å². The van der Waals surface area contributed by atoms with Crippen LogP contribution < -0.4 is 10.6 Å². The number of fused-ring (bicyclic) bond motifs is 1. The number of aryl methyl sites for hydroxylation is 1. The summed E-state index contributed by atoms with van der Waals surface area (Å²) in [4.78, 5) is 0.946. The van der Waals surface area contributed by atoms with Gasteiger partial charge in [-0.05, 0) is 26.8 Å². The van der Waals surface area contributed by atoms with E-state index in [1.165, 1.54) is 11.3 Å². The second-order valence-electron chi connectivity index (χ2n) is 3.90. The minimum atomic E-state index is -3.53. The van der Waals surface area contributed by atoms with Gasteiger partial charge in [0.2, 0.25) is 5.96 Å². The zero-order valence-electron chi connectivity index (χ0n) is 9.23. The lowest BCUT2D eigenvalue weighted by molar-refractivity contribution is 0.599. The fraction of sp³-hybridized carbons (Fsp3) is 0.444. The van der Waals surface area contributed by atoms with Crippen molar-refractivity contribution in [1.82, 2.24) is 5.32 Å². The Labute approximate surface area is 98.6 Å². The average molecular weight is 259 g/mol. The molecule has 0 fully saturated rings. The predicted octanol–water partition coefficient (Wildman–Crippen LogP) is 1.52. The Bertz CT molecular complexity index is 543. The molecule has 0 saturated heterocycles. The standard InChI is InChI=1S/C9H13N3O2S2/c1-5(2)10-9-11-7-4-6(3)15-8(7)16(13,14)12-9/h4-5H,1-3H3,(H2,10,11,12). The zero-order chi connectivity index (χ0) is 11.9. The maximum atomic E-state index is 11.8. The molecule has 1 aromatic rings. The highest BCUT2D eigenvalue weighted by atomic mass is 32.2. The third-order valence-electron chi connectivity index (χ3n) is 1.95. The predicted molar refractivity (Wildman–Crippen MR) is 65.6 cm³/mol. The Morgan fingerprint density at radius 2 is 2.19 bits per heavy atom. The van der Waals surface area contributed by atoms with Crippen LogP contribution in [-0.2, 0) is 10.0 Å². The van der Waals surface area contributed by atoms with Crippen molar-refractivity contribution in [2.75, 3.05) is 5.32 Å². The minimum absolute atomic E-state index is 0.128. The fourth-order valence-corrected chi connectivity index (χ4v) is 3.85. The first-order valence-electron chi connectivity index (χ1n) is 4.87. The molecule has 0 radical (unpaired) electrons. The molecule has 2 N–H and O–H groups in total. The molecule has 0 bridgehead atoms. The van der Waals surface area contributed by atoms with Gasteiger partial charge in [0.05, 0.1) is 5.69 Å². The maximum absolute atomic E-state index is 11.8. The van der Waals surface area contributed by atoms with E-state index in [9.17, 15) is 8.42 Å². The Hall–Kier alpha value is -1.08. The lowest BCUT2D eigenvalue weighted by Crippen LogP contribution is -2.38. The van der Waals surface area contributed by atoms with Crippen molar-refractivity contribution in [3.63, 3.8) is 0 Å². The summed E-state index contributed by atoms with van der Waals surface area (Å²) in [6.07, 6.45) is 0. The Kier molecular flexibility index (Phi) is 2.67. The Morgan fingerprint density at radius 1 is 1.50 bits per heavy atom. The number of guanidine groups is 1. The smallest absolute Gasteiger partial charge is 0.297 e. The fourth-order valence-electron chi connectivity index (χ4n) is 1.42. The molecule has 0 aromatic carbocycles. The van der Waals surface area contributed by atoms with E-state index in [4.69, 9.17) is 0 Å². The van der Waals surface area contributed by atoms with Crippen LogP contribution in [0.25, 0.3) is 0 Å². The van der Waals surface area contributed by atoms with E-state index in [2.05, 4.69) is 15.0 Å². The number of anilines is 1. The van der Waals surface area contributed by atoms with Crippen molar-refractivity contribution >= 4 is 33.0 Å². The van der Waals surface area contributed by atoms with Crippen molar-refractivity contribution in [2.24, 2.45) is 4.40 Å². The monoisotopic (exact) mass is 259 g/mol. The summed E-state index contributed by atoms with van der Waals surface area (Å²) >= 11 is 1.23. The summed E-state index contributed by atoms with van der Waals surface area (Å²) in [5.74, 6) is 0.292.